The van der Waals surface area contributed by atoms with Crippen LogP contribution in [0.2, 0.25) is 0 Å². The molecule has 0 radical (unpaired) electrons. The molecule has 0 amide bonds. The van der Waals surface area contributed by atoms with E-state index in [1.807, 2.05) is 0 Å². The van der Waals surface area contributed by atoms with Crippen LogP contribution in [0.25, 0.3) is 0 Å². The second-order valence-corrected chi connectivity index (χ2v) is 7.14. The van der Waals surface area contributed by atoms with Crippen molar-refractivity contribution in [1.29, 1.82) is 0 Å². The van der Waals surface area contributed by atoms with E-state index < -0.39 is 0 Å². The van der Waals surface area contributed by atoms with Gasteiger partial charge in [-0.25, -0.2) is 0 Å². The summed E-state index contributed by atoms with van der Waals surface area (Å²) in [5.74, 6) is 2.66. The van der Waals surface area contributed by atoms with E-state index in [9.17, 15) is 0 Å². The molecule has 0 rings (SSSR count). The maximum Gasteiger partial charge on any atom is -0.00488 e. The highest BCUT2D eigenvalue weighted by atomic mass is 14.5. The molecule has 0 saturated heterocycles. The predicted molar refractivity (Wildman–Crippen MR) is 97.6 cm³/mol. The van der Waals surface area contributed by atoms with Gasteiger partial charge < -0.3 is 5.73 Å². The van der Waals surface area contributed by atoms with Crippen LogP contribution in [0.5, 0.6) is 0 Å². The number of rotatable bonds is 15. The van der Waals surface area contributed by atoms with Crippen molar-refractivity contribution in [2.75, 3.05) is 6.54 Å². The van der Waals surface area contributed by atoms with Crippen molar-refractivity contribution in [2.45, 2.75) is 105 Å². The van der Waals surface area contributed by atoms with Gasteiger partial charge in [0.25, 0.3) is 0 Å². The van der Waals surface area contributed by atoms with Gasteiger partial charge in [-0.2, -0.15) is 0 Å². The zero-order chi connectivity index (χ0) is 15.9. The van der Waals surface area contributed by atoms with Crippen molar-refractivity contribution in [2.24, 2.45) is 23.5 Å². The number of nitrogens with two attached hydrogens (primary N) is 1. The summed E-state index contributed by atoms with van der Waals surface area (Å²) < 4.78 is 0. The Hall–Kier alpha value is -0.0400. The third-order valence-electron chi connectivity index (χ3n) is 5.14. The Balaban J connectivity index is 4.38. The summed E-state index contributed by atoms with van der Waals surface area (Å²) in [6.07, 6.45) is 16.6. The van der Waals surface area contributed by atoms with Crippen LogP contribution in [0, 0.1) is 17.8 Å². The van der Waals surface area contributed by atoms with Crippen molar-refractivity contribution in [3.63, 3.8) is 0 Å². The minimum atomic E-state index is 0.774. The molecule has 0 spiro atoms. The molecular formula is C20H43N. The highest BCUT2D eigenvalue weighted by molar-refractivity contribution is 4.71. The van der Waals surface area contributed by atoms with Gasteiger partial charge in [0.05, 0.1) is 0 Å². The van der Waals surface area contributed by atoms with Crippen LogP contribution < -0.4 is 5.73 Å². The lowest BCUT2D eigenvalue weighted by molar-refractivity contribution is 0.262. The van der Waals surface area contributed by atoms with E-state index in [0.717, 1.165) is 24.3 Å². The molecule has 0 bridgehead atoms. The molecule has 3 atom stereocenters. The molecule has 0 heterocycles. The van der Waals surface area contributed by atoms with Gasteiger partial charge in [0.1, 0.15) is 0 Å². The Morgan fingerprint density at radius 3 is 1.48 bits per heavy atom. The van der Waals surface area contributed by atoms with Crippen LogP contribution in [0.3, 0.4) is 0 Å². The van der Waals surface area contributed by atoms with E-state index in [0.29, 0.717) is 0 Å². The fourth-order valence-electron chi connectivity index (χ4n) is 3.57. The quantitative estimate of drug-likeness (QED) is 0.364. The van der Waals surface area contributed by atoms with E-state index in [1.54, 1.807) is 0 Å². The molecule has 0 aromatic heterocycles. The zero-order valence-electron chi connectivity index (χ0n) is 15.5. The Kier molecular flexibility index (Phi) is 14.9. The lowest BCUT2D eigenvalue weighted by atomic mass is 9.80. The second-order valence-electron chi connectivity index (χ2n) is 7.14. The van der Waals surface area contributed by atoms with Crippen LogP contribution in [0.15, 0.2) is 0 Å². The molecule has 128 valence electrons. The first-order valence-electron chi connectivity index (χ1n) is 9.91. The monoisotopic (exact) mass is 297 g/mol. The summed E-state index contributed by atoms with van der Waals surface area (Å²) in [5, 5.41) is 0. The summed E-state index contributed by atoms with van der Waals surface area (Å²) in [6, 6.07) is 0. The largest absolute Gasteiger partial charge is 0.330 e. The van der Waals surface area contributed by atoms with Crippen molar-refractivity contribution < 1.29 is 0 Å². The topological polar surface area (TPSA) is 26.0 Å². The fraction of sp³-hybridized carbons (Fsp3) is 1.00. The molecule has 0 saturated carbocycles. The maximum absolute atomic E-state index is 6.03. The molecule has 0 fully saturated rings. The Bertz CT molecular complexity index is 184. The highest BCUT2D eigenvalue weighted by Crippen LogP contribution is 2.30. The van der Waals surface area contributed by atoms with Gasteiger partial charge in [0.2, 0.25) is 0 Å². The zero-order valence-corrected chi connectivity index (χ0v) is 15.5. The van der Waals surface area contributed by atoms with Crippen LogP contribution >= 0.6 is 0 Å². The van der Waals surface area contributed by atoms with Crippen molar-refractivity contribution >= 4 is 0 Å². The fourth-order valence-corrected chi connectivity index (χ4v) is 3.57. The summed E-state index contributed by atoms with van der Waals surface area (Å²) in [6.45, 7) is 10.2. The second kappa shape index (κ2) is 14.9. The molecular weight excluding hydrogens is 254 g/mol. The van der Waals surface area contributed by atoms with Gasteiger partial charge in [0, 0.05) is 0 Å². The Morgan fingerprint density at radius 2 is 1.05 bits per heavy atom. The third-order valence-corrected chi connectivity index (χ3v) is 5.14. The molecule has 1 heteroatoms. The van der Waals surface area contributed by atoms with Gasteiger partial charge in [-0.15, -0.1) is 0 Å². The summed E-state index contributed by atoms with van der Waals surface area (Å²) in [7, 11) is 0. The molecule has 0 aliphatic rings. The Morgan fingerprint density at radius 1 is 0.619 bits per heavy atom. The molecule has 1 nitrogen and oxygen atoms in total. The van der Waals surface area contributed by atoms with Gasteiger partial charge >= 0.3 is 0 Å². The first kappa shape index (κ1) is 21.0. The van der Waals surface area contributed by atoms with Crippen molar-refractivity contribution in [3.05, 3.63) is 0 Å². The van der Waals surface area contributed by atoms with Crippen LogP contribution in [-0.2, 0) is 0 Å². The molecule has 0 aliphatic heterocycles. The van der Waals surface area contributed by atoms with E-state index in [1.165, 1.54) is 77.0 Å². The van der Waals surface area contributed by atoms with Gasteiger partial charge in [-0.3, -0.25) is 0 Å². The van der Waals surface area contributed by atoms with E-state index >= 15 is 0 Å². The average molecular weight is 298 g/mol. The van der Waals surface area contributed by atoms with Gasteiger partial charge in [-0.05, 0) is 43.6 Å². The lowest BCUT2D eigenvalue weighted by Gasteiger charge is -2.26. The van der Waals surface area contributed by atoms with E-state index in [-0.39, 0.29) is 0 Å². The smallest absolute Gasteiger partial charge is 0.00488 e. The first-order valence-corrected chi connectivity index (χ1v) is 9.91. The normalized spacial score (nSPS) is 15.9. The summed E-state index contributed by atoms with van der Waals surface area (Å²) in [5.41, 5.74) is 6.03. The molecule has 21 heavy (non-hydrogen) atoms. The van der Waals surface area contributed by atoms with Gasteiger partial charge in [0.15, 0.2) is 0 Å². The molecule has 3 unspecified atom stereocenters. The minimum absolute atomic E-state index is 0.774. The molecule has 0 aliphatic carbocycles. The standard InChI is InChI=1S/C20H43N/c1-5-9-12-18(8-4)15-19(13-10-6-2)16-20(17-21)14-11-7-3/h18-20H,5-17,21H2,1-4H3. The van der Waals surface area contributed by atoms with E-state index in [4.69, 9.17) is 5.73 Å². The summed E-state index contributed by atoms with van der Waals surface area (Å²) in [4.78, 5) is 0. The number of hydrogen-bond acceptors (Lipinski definition) is 1. The van der Waals surface area contributed by atoms with Crippen LogP contribution in [0.1, 0.15) is 105 Å². The number of hydrogen-bond donors (Lipinski definition) is 1. The van der Waals surface area contributed by atoms with Crippen molar-refractivity contribution in [3.8, 4) is 0 Å². The van der Waals surface area contributed by atoms with E-state index in [2.05, 4.69) is 27.7 Å². The van der Waals surface area contributed by atoms with Crippen LogP contribution in [0.4, 0.5) is 0 Å². The maximum atomic E-state index is 6.03. The molecule has 0 aromatic rings. The third kappa shape index (κ3) is 11.2. The molecule has 0 aromatic carbocycles. The lowest BCUT2D eigenvalue weighted by Crippen LogP contribution is -2.20. The number of unbranched alkanes of at least 4 members (excludes halogenated alkanes) is 3. The Labute approximate surface area is 135 Å². The highest BCUT2D eigenvalue weighted by Gasteiger charge is 2.19. The van der Waals surface area contributed by atoms with Crippen LogP contribution in [-0.4, -0.2) is 6.54 Å². The first-order chi connectivity index (χ1) is 10.2. The predicted octanol–water partition coefficient (Wildman–Crippen LogP) is 6.55. The van der Waals surface area contributed by atoms with Gasteiger partial charge in [-0.1, -0.05) is 85.5 Å². The minimum Gasteiger partial charge on any atom is -0.330 e. The summed E-state index contributed by atoms with van der Waals surface area (Å²) >= 11 is 0. The van der Waals surface area contributed by atoms with Crippen molar-refractivity contribution in [1.82, 2.24) is 0 Å². The molecule has 2 N–H and O–H groups in total. The SMILES string of the molecule is CCCCC(CC)CC(CCCC)CC(CN)CCCC. The average Bonchev–Trinajstić information content (AvgIpc) is 2.52.